The third kappa shape index (κ3) is 36.1. The standard InChI is InChI=1S/C87H117N9O18S3.C2H6.CH5N/c1-51(2)24-62-34-78(105)64(41-84(111)112)35-75(102)61(17-20-83(88)110)33-74(101)60(31-69-42-92-50-94-69)16-13-52(3)25-73(100)67-39-76(103)59(12-8-9-22-93-87(90)91)32-77(104)63(29-55-14-18-70(99)19-15-55)36-82(109)72-21-23-96(72)86(114)65(30-54-10-6-5-7-11-54)37-80(107)66(43-97)38-81(108)71(95-53(4)98)49-117-46-58-27-56(44-115-47-67)26-57(28-58)45-116-48-68(85(89)113)40-79(62)106;2*1-2/h5-7,10-11,14-15,18-19,26-28,42,50-52,59-68,71-72,97,99H,8-9,12-13,16-17,20-25,29-41,43-49H2,1-4H3,(H2,88,110)(H2,89,113)(H,92,94)(H,95,98)(H,111,112)(H4,90,91,93);1-2H3;2H2,1H3. The lowest BCUT2D eigenvalue weighted by molar-refractivity contribution is -0.151. The number of fused-ring (bicyclic) bond motifs is 6. The van der Waals surface area contributed by atoms with Crippen molar-refractivity contribution in [3.05, 3.63) is 119 Å². The molecule has 13 atom stereocenters. The Morgan fingerprint density at radius 2 is 1.11 bits per heavy atom. The first-order valence-electron chi connectivity index (χ1n) is 42.2. The third-order valence-electron chi connectivity index (χ3n) is 22.4. The van der Waals surface area contributed by atoms with E-state index in [1.807, 2.05) is 52.8 Å². The Hall–Kier alpha value is -9.04. The number of aromatic amines is 1. The van der Waals surface area contributed by atoms with Crippen LogP contribution in [-0.2, 0) is 108 Å². The number of hydrogen-bond acceptors (Lipinski definition) is 23. The van der Waals surface area contributed by atoms with Crippen molar-refractivity contribution in [1.29, 1.82) is 0 Å². The lowest BCUT2D eigenvalue weighted by atomic mass is 9.78. The zero-order valence-corrected chi connectivity index (χ0v) is 73.7. The van der Waals surface area contributed by atoms with Gasteiger partial charge in [0.15, 0.2) is 17.5 Å². The summed E-state index contributed by atoms with van der Waals surface area (Å²) in [6.45, 7) is 10.3. The Morgan fingerprint density at radius 3 is 1.68 bits per heavy atom. The number of unbranched alkanes of at least 4 members (excludes halogenated alkanes) is 1. The first-order valence-corrected chi connectivity index (χ1v) is 45.7. The highest BCUT2D eigenvalue weighted by Crippen LogP contribution is 2.36. The van der Waals surface area contributed by atoms with Crippen molar-refractivity contribution in [3.8, 4) is 5.75 Å². The van der Waals surface area contributed by atoms with E-state index in [1.165, 1.54) is 72.6 Å². The van der Waals surface area contributed by atoms with Gasteiger partial charge in [0.05, 0.1) is 37.4 Å². The number of aliphatic imine (C=N–C) groups is 1. The van der Waals surface area contributed by atoms with Crippen LogP contribution in [0.25, 0.3) is 0 Å². The van der Waals surface area contributed by atoms with Gasteiger partial charge in [-0.2, -0.15) is 35.3 Å². The highest BCUT2D eigenvalue weighted by atomic mass is 32.2. The van der Waals surface area contributed by atoms with Gasteiger partial charge in [0, 0.05) is 190 Å². The van der Waals surface area contributed by atoms with Gasteiger partial charge >= 0.3 is 5.97 Å². The van der Waals surface area contributed by atoms with E-state index in [2.05, 4.69) is 26.0 Å². The van der Waals surface area contributed by atoms with Gasteiger partial charge in [-0.25, -0.2) is 4.98 Å². The fourth-order valence-corrected chi connectivity index (χ4v) is 19.0. The monoisotopic (exact) mass is 1730 g/mol. The number of nitrogens with two attached hydrogens (primary N) is 5. The van der Waals surface area contributed by atoms with E-state index in [0.29, 0.717) is 29.7 Å². The molecule has 1 aromatic heterocycles. The number of rotatable bonds is 21. The molecule has 4 bridgehead atoms. The third-order valence-corrected chi connectivity index (χ3v) is 25.9. The minimum Gasteiger partial charge on any atom is -0.508 e. The van der Waals surface area contributed by atoms with Crippen molar-refractivity contribution in [2.24, 2.45) is 105 Å². The van der Waals surface area contributed by atoms with Crippen LogP contribution in [0.1, 0.15) is 203 Å². The number of benzene rings is 3. The molecular weight excluding hydrogens is 1610 g/mol. The number of primary amides is 2. The van der Waals surface area contributed by atoms with E-state index in [9.17, 15) is 68.1 Å². The highest BCUT2D eigenvalue weighted by Gasteiger charge is 2.44. The second-order valence-electron chi connectivity index (χ2n) is 32.6. The summed E-state index contributed by atoms with van der Waals surface area (Å²) in [6.07, 6.45) is -0.286. The number of H-pyrrole nitrogens is 1. The number of carboxylic acids is 1. The number of phenols is 1. The molecule has 28 nitrogen and oxygen atoms in total. The van der Waals surface area contributed by atoms with Crippen LogP contribution in [0.2, 0.25) is 0 Å². The lowest BCUT2D eigenvalue weighted by Crippen LogP contribution is -2.57. The van der Waals surface area contributed by atoms with Crippen molar-refractivity contribution in [2.45, 2.75) is 219 Å². The number of ketones is 10. The molecule has 13 unspecified atom stereocenters. The van der Waals surface area contributed by atoms with E-state index >= 15 is 19.2 Å². The number of carbonyl (C=O) groups excluding carboxylic acids is 14. The van der Waals surface area contributed by atoms with E-state index in [4.69, 9.17) is 22.9 Å². The molecule has 7 rings (SSSR count). The summed E-state index contributed by atoms with van der Waals surface area (Å²) in [5, 5.41) is 34.2. The number of aliphatic hydroxyl groups is 1. The van der Waals surface area contributed by atoms with Crippen molar-refractivity contribution in [3.63, 3.8) is 0 Å². The fraction of sp³-hybridized carbons (Fsp3) is 0.589. The largest absolute Gasteiger partial charge is 0.508 e. The molecule has 4 amide bonds. The molecule has 3 aromatic carbocycles. The number of nitrogens with one attached hydrogen (secondary N) is 2. The van der Waals surface area contributed by atoms with Crippen LogP contribution in [0.15, 0.2) is 90.3 Å². The topological polar surface area (TPSA) is 503 Å². The number of amides is 4. The molecule has 4 heterocycles. The second kappa shape index (κ2) is 53.8. The van der Waals surface area contributed by atoms with Crippen LogP contribution in [-0.4, -0.2) is 180 Å². The van der Waals surface area contributed by atoms with E-state index in [-0.39, 0.29) is 167 Å². The van der Waals surface area contributed by atoms with Crippen LogP contribution in [0, 0.1) is 71.0 Å². The number of aromatic nitrogens is 2. The maximum absolute atomic E-state index is 15.6. The summed E-state index contributed by atoms with van der Waals surface area (Å²) >= 11 is 3.98. The maximum Gasteiger partial charge on any atom is 0.304 e. The predicted molar refractivity (Wildman–Crippen MR) is 469 cm³/mol. The fourth-order valence-electron chi connectivity index (χ4n) is 15.8. The molecule has 121 heavy (non-hydrogen) atoms. The number of nitrogens with zero attached hydrogens (tertiary/aromatic N) is 3. The van der Waals surface area contributed by atoms with Crippen molar-refractivity contribution >= 4 is 129 Å². The van der Waals surface area contributed by atoms with Gasteiger partial charge in [-0.15, -0.1) is 0 Å². The molecule has 1 saturated heterocycles. The van der Waals surface area contributed by atoms with Crippen LogP contribution < -0.4 is 34.0 Å². The number of thioether (sulfide) groups is 3. The Morgan fingerprint density at radius 1 is 0.579 bits per heavy atom. The number of Topliss-reactive ketones (excluding diaryl/α,β-unsaturated/α-hetero) is 10. The average Bonchev–Trinajstić information content (AvgIpc) is 1.11. The van der Waals surface area contributed by atoms with Crippen LogP contribution in [0.3, 0.4) is 0 Å². The molecule has 4 aromatic rings. The maximum atomic E-state index is 15.6. The first kappa shape index (κ1) is 103. The molecule has 15 N–H and O–H groups in total. The summed E-state index contributed by atoms with van der Waals surface area (Å²) in [4.78, 5) is 228. The van der Waals surface area contributed by atoms with Crippen LogP contribution in [0.4, 0.5) is 0 Å². The number of phenolic OH excluding ortho intramolecular Hbond substituents is 1. The number of aliphatic carboxylic acids is 1. The predicted octanol–water partition coefficient (Wildman–Crippen LogP) is 9.15. The zero-order chi connectivity index (χ0) is 89.4. The number of guanidine groups is 1. The summed E-state index contributed by atoms with van der Waals surface area (Å²) < 4.78 is 0. The van der Waals surface area contributed by atoms with Gasteiger partial charge in [-0.1, -0.05) is 102 Å². The lowest BCUT2D eigenvalue weighted by Gasteiger charge is -2.42. The summed E-state index contributed by atoms with van der Waals surface area (Å²) in [6, 6.07) is 18.7. The number of carboxylic acid groups (broad SMARTS) is 1. The molecule has 31 heteroatoms. The molecule has 0 aliphatic carbocycles. The Kier molecular flexibility index (Phi) is 45.6. The van der Waals surface area contributed by atoms with Gasteiger partial charge in [0.25, 0.3) is 0 Å². The second-order valence-corrected chi connectivity index (χ2v) is 35.7. The zero-order valence-electron chi connectivity index (χ0n) is 71.2. The highest BCUT2D eigenvalue weighted by molar-refractivity contribution is 7.99. The van der Waals surface area contributed by atoms with Crippen molar-refractivity contribution < 1.29 is 87.2 Å². The minimum absolute atomic E-state index is 0.00454. The van der Waals surface area contributed by atoms with E-state index < -0.39 is 204 Å². The first-order chi connectivity index (χ1) is 57.7. The summed E-state index contributed by atoms with van der Waals surface area (Å²) in [5.41, 5.74) is 31.7. The van der Waals surface area contributed by atoms with Gasteiger partial charge in [0.1, 0.15) is 52.0 Å². The van der Waals surface area contributed by atoms with Crippen molar-refractivity contribution in [1.82, 2.24) is 20.2 Å². The quantitative estimate of drug-likeness (QED) is 0.0211. The molecule has 0 radical (unpaired) electrons. The SMILES string of the molecule is CC.CC(=O)NC1CSCc2cc3cc(c2)CSCC(CC(=O)C(CCCCN=C(N)N)CC(=O)C(Cc2ccc(O)cc2)CC(=O)C2CCN2C(=O)C(Cc2ccccc2)CC(=O)C(CO)CC1=O)C(=O)CC(C)CCC(Cc1cnc[nH]1)C(=O)CC(CCC(N)=O)C(=O)CC(CC(=O)O)C(=O)CC(CC(C)C)C(=O)CC(C(N)=O)CSC3.CN. The number of hydrogen-bond donors (Lipinski definition) is 10. The van der Waals surface area contributed by atoms with Gasteiger partial charge in [0.2, 0.25) is 23.6 Å². The van der Waals surface area contributed by atoms with Gasteiger partial charge < -0.3 is 59.2 Å². The summed E-state index contributed by atoms with van der Waals surface area (Å²) in [5.74, 6) is -19.7. The van der Waals surface area contributed by atoms with Crippen LogP contribution in [0.5, 0.6) is 5.75 Å². The summed E-state index contributed by atoms with van der Waals surface area (Å²) in [7, 11) is 1.50. The number of aliphatic hydroxyl groups excluding tert-OH is 1. The smallest absolute Gasteiger partial charge is 0.304 e. The Bertz CT molecular complexity index is 4140. The number of carbonyl (C=O) groups is 15. The molecule has 3 aliphatic heterocycles. The minimum atomic E-state index is -1.44. The van der Waals surface area contributed by atoms with Gasteiger partial charge in [-0.3, -0.25) is 76.9 Å². The Labute approximate surface area is 723 Å². The molecular formula is C90H128N10O18S3. The molecule has 1 fully saturated rings. The van der Waals surface area contributed by atoms with Crippen molar-refractivity contribution in [2.75, 3.05) is 44.0 Å². The van der Waals surface area contributed by atoms with Crippen LogP contribution >= 0.6 is 35.3 Å². The normalized spacial score (nSPS) is 24.7. The number of aromatic hydroxyl groups is 1. The van der Waals surface area contributed by atoms with Gasteiger partial charge in [-0.05, 0) is 123 Å². The molecule has 3 aliphatic rings. The molecule has 0 spiro atoms. The number of imidazole rings is 1. The molecule has 664 valence electrons. The Balaban J connectivity index is 0.00000641. The molecule has 0 saturated carbocycles. The average molecular weight is 1730 g/mol. The van der Waals surface area contributed by atoms with E-state index in [0.717, 1.165) is 16.7 Å². The van der Waals surface area contributed by atoms with E-state index in [1.54, 1.807) is 48.7 Å².